The van der Waals surface area contributed by atoms with Crippen LogP contribution in [0.4, 0.5) is 5.69 Å². The van der Waals surface area contributed by atoms with Crippen LogP contribution in [0.5, 0.6) is 0 Å². The first-order chi connectivity index (χ1) is 13.2. The first-order valence-corrected chi connectivity index (χ1v) is 9.62. The summed E-state index contributed by atoms with van der Waals surface area (Å²) in [6, 6.07) is 8.31. The molecule has 0 aliphatic carbocycles. The molecular formula is C20H32N4O3. The van der Waals surface area contributed by atoms with Crippen LogP contribution in [-0.4, -0.2) is 63.8 Å². The number of anilines is 1. The van der Waals surface area contributed by atoms with Crippen molar-refractivity contribution in [3.63, 3.8) is 0 Å². The van der Waals surface area contributed by atoms with Gasteiger partial charge in [0.25, 0.3) is 0 Å². The SMILES string of the molecule is CCOC(=O)C1CCCN(C(=NC)NCc2ccc(NCCOC)cc2)C1. The lowest BCUT2D eigenvalue weighted by molar-refractivity contribution is -0.149. The van der Waals surface area contributed by atoms with Crippen molar-refractivity contribution in [3.05, 3.63) is 29.8 Å². The molecule has 0 aromatic heterocycles. The Balaban J connectivity index is 1.85. The smallest absolute Gasteiger partial charge is 0.310 e. The maximum atomic E-state index is 12.0. The highest BCUT2D eigenvalue weighted by Crippen LogP contribution is 2.18. The van der Waals surface area contributed by atoms with Crippen molar-refractivity contribution in [2.24, 2.45) is 10.9 Å². The number of hydrogen-bond acceptors (Lipinski definition) is 5. The number of piperidine rings is 1. The van der Waals surface area contributed by atoms with E-state index >= 15 is 0 Å². The van der Waals surface area contributed by atoms with Crippen molar-refractivity contribution >= 4 is 17.6 Å². The summed E-state index contributed by atoms with van der Waals surface area (Å²) in [5, 5.41) is 6.71. The zero-order valence-electron chi connectivity index (χ0n) is 16.7. The lowest BCUT2D eigenvalue weighted by Gasteiger charge is -2.34. The molecule has 1 heterocycles. The number of nitrogens with zero attached hydrogens (tertiary/aromatic N) is 2. The van der Waals surface area contributed by atoms with Crippen LogP contribution in [0.1, 0.15) is 25.3 Å². The molecule has 1 atom stereocenters. The average Bonchev–Trinajstić information content (AvgIpc) is 2.70. The van der Waals surface area contributed by atoms with Crippen molar-refractivity contribution in [1.82, 2.24) is 10.2 Å². The molecule has 2 N–H and O–H groups in total. The van der Waals surface area contributed by atoms with Crippen molar-refractivity contribution < 1.29 is 14.3 Å². The third kappa shape index (κ3) is 6.75. The maximum Gasteiger partial charge on any atom is 0.310 e. The van der Waals surface area contributed by atoms with Crippen molar-refractivity contribution in [2.75, 3.05) is 52.3 Å². The molecule has 0 amide bonds. The Hall–Kier alpha value is -2.28. The van der Waals surface area contributed by atoms with Gasteiger partial charge in [0.2, 0.25) is 0 Å². The second-order valence-electron chi connectivity index (χ2n) is 6.55. The predicted molar refractivity (Wildman–Crippen MR) is 108 cm³/mol. The molecule has 7 heteroatoms. The molecule has 0 radical (unpaired) electrons. The molecule has 2 rings (SSSR count). The highest BCUT2D eigenvalue weighted by molar-refractivity contribution is 5.81. The van der Waals surface area contributed by atoms with Gasteiger partial charge in [-0.2, -0.15) is 0 Å². The lowest BCUT2D eigenvalue weighted by Crippen LogP contribution is -2.48. The van der Waals surface area contributed by atoms with Gasteiger partial charge in [-0.05, 0) is 37.5 Å². The molecule has 27 heavy (non-hydrogen) atoms. The van der Waals surface area contributed by atoms with Crippen molar-refractivity contribution in [1.29, 1.82) is 0 Å². The zero-order chi connectivity index (χ0) is 19.5. The molecule has 1 saturated heterocycles. The summed E-state index contributed by atoms with van der Waals surface area (Å²) in [5.74, 6) is 0.648. The average molecular weight is 377 g/mol. The van der Waals surface area contributed by atoms with Gasteiger partial charge in [-0.25, -0.2) is 0 Å². The van der Waals surface area contributed by atoms with Gasteiger partial charge in [0, 0.05) is 46.0 Å². The van der Waals surface area contributed by atoms with Crippen LogP contribution in [-0.2, 0) is 20.8 Å². The summed E-state index contributed by atoms with van der Waals surface area (Å²) in [5.41, 5.74) is 2.25. The molecule has 1 unspecified atom stereocenters. The standard InChI is InChI=1S/C20H32N4O3/c1-4-27-19(25)17-6-5-12-24(15-17)20(21-2)23-14-16-7-9-18(10-8-16)22-11-13-26-3/h7-10,17,22H,4-6,11-15H2,1-3H3,(H,21,23). The van der Waals surface area contributed by atoms with E-state index in [1.54, 1.807) is 14.2 Å². The van der Waals surface area contributed by atoms with E-state index in [4.69, 9.17) is 9.47 Å². The van der Waals surface area contributed by atoms with Crippen molar-refractivity contribution in [2.45, 2.75) is 26.3 Å². The Morgan fingerprint density at radius 2 is 2.11 bits per heavy atom. The summed E-state index contributed by atoms with van der Waals surface area (Å²) in [7, 11) is 3.47. The van der Waals surface area contributed by atoms with E-state index in [1.807, 2.05) is 6.92 Å². The van der Waals surface area contributed by atoms with Gasteiger partial charge in [0.05, 0.1) is 19.1 Å². The zero-order valence-corrected chi connectivity index (χ0v) is 16.7. The minimum Gasteiger partial charge on any atom is -0.466 e. The number of nitrogens with one attached hydrogen (secondary N) is 2. The maximum absolute atomic E-state index is 12.0. The van der Waals surface area contributed by atoms with Crippen LogP contribution in [0, 0.1) is 5.92 Å². The number of benzene rings is 1. The summed E-state index contributed by atoms with van der Waals surface area (Å²) < 4.78 is 10.2. The number of likely N-dealkylation sites (tertiary alicyclic amines) is 1. The lowest BCUT2D eigenvalue weighted by atomic mass is 9.98. The molecule has 0 bridgehead atoms. The Bertz CT molecular complexity index is 604. The van der Waals surface area contributed by atoms with E-state index in [1.165, 1.54) is 5.56 Å². The first-order valence-electron chi connectivity index (χ1n) is 9.62. The molecular weight excluding hydrogens is 344 g/mol. The van der Waals surface area contributed by atoms with Gasteiger partial charge in [-0.3, -0.25) is 9.79 Å². The number of rotatable bonds is 8. The van der Waals surface area contributed by atoms with E-state index in [2.05, 4.69) is 44.8 Å². The summed E-state index contributed by atoms with van der Waals surface area (Å²) in [6.07, 6.45) is 1.84. The fourth-order valence-electron chi connectivity index (χ4n) is 3.17. The number of carbonyl (C=O) groups excluding carboxylic acids is 1. The minimum atomic E-state index is -0.103. The van der Waals surface area contributed by atoms with Crippen molar-refractivity contribution in [3.8, 4) is 0 Å². The molecule has 1 aliphatic heterocycles. The molecule has 1 aromatic rings. The van der Waals surface area contributed by atoms with Gasteiger partial charge in [-0.15, -0.1) is 0 Å². The Kier molecular flexibility index (Phi) is 8.91. The van der Waals surface area contributed by atoms with Gasteiger partial charge >= 0.3 is 5.97 Å². The summed E-state index contributed by atoms with van der Waals surface area (Å²) >= 11 is 0. The normalized spacial score (nSPS) is 17.5. The highest BCUT2D eigenvalue weighted by Gasteiger charge is 2.28. The van der Waals surface area contributed by atoms with Crippen LogP contribution in [0.15, 0.2) is 29.3 Å². The first kappa shape index (κ1) is 21.0. The second kappa shape index (κ2) is 11.4. The van der Waals surface area contributed by atoms with Crippen LogP contribution in [0.25, 0.3) is 0 Å². The second-order valence-corrected chi connectivity index (χ2v) is 6.55. The fourth-order valence-corrected chi connectivity index (χ4v) is 3.17. The Morgan fingerprint density at radius 1 is 1.33 bits per heavy atom. The quantitative estimate of drug-likeness (QED) is 0.313. The van der Waals surface area contributed by atoms with Crippen LogP contribution in [0.3, 0.4) is 0 Å². The third-order valence-corrected chi connectivity index (χ3v) is 4.59. The number of ether oxygens (including phenoxy) is 2. The molecule has 150 valence electrons. The largest absolute Gasteiger partial charge is 0.466 e. The summed E-state index contributed by atoms with van der Waals surface area (Å²) in [4.78, 5) is 18.6. The predicted octanol–water partition coefficient (Wildman–Crippen LogP) is 2.10. The van der Waals surface area contributed by atoms with Crippen LogP contribution >= 0.6 is 0 Å². The van der Waals surface area contributed by atoms with Gasteiger partial charge in [-0.1, -0.05) is 12.1 Å². The van der Waals surface area contributed by atoms with Gasteiger partial charge < -0.3 is 25.0 Å². The van der Waals surface area contributed by atoms with Crippen LogP contribution < -0.4 is 10.6 Å². The summed E-state index contributed by atoms with van der Waals surface area (Å²) in [6.45, 7) is 5.99. The number of guanidine groups is 1. The number of esters is 1. The van der Waals surface area contributed by atoms with Gasteiger partial charge in [0.15, 0.2) is 5.96 Å². The van der Waals surface area contributed by atoms with E-state index < -0.39 is 0 Å². The number of methoxy groups -OCH3 is 1. The molecule has 1 aromatic carbocycles. The highest BCUT2D eigenvalue weighted by atomic mass is 16.5. The molecule has 1 fully saturated rings. The molecule has 1 aliphatic rings. The molecule has 0 saturated carbocycles. The molecule has 0 spiro atoms. The number of carbonyl (C=O) groups is 1. The topological polar surface area (TPSA) is 75.2 Å². The Labute approximate surface area is 162 Å². The Morgan fingerprint density at radius 3 is 2.78 bits per heavy atom. The number of aliphatic imine (C=N–C) groups is 1. The van der Waals surface area contributed by atoms with Gasteiger partial charge in [0.1, 0.15) is 0 Å². The molecule has 7 nitrogen and oxygen atoms in total. The van der Waals surface area contributed by atoms with E-state index in [0.29, 0.717) is 26.3 Å². The van der Waals surface area contributed by atoms with E-state index in [0.717, 1.165) is 37.6 Å². The van der Waals surface area contributed by atoms with E-state index in [-0.39, 0.29) is 11.9 Å². The van der Waals surface area contributed by atoms with Crippen LogP contribution in [0.2, 0.25) is 0 Å². The minimum absolute atomic E-state index is 0.0743. The monoisotopic (exact) mass is 376 g/mol. The third-order valence-electron chi connectivity index (χ3n) is 4.59. The number of hydrogen-bond donors (Lipinski definition) is 2. The fraction of sp³-hybridized carbons (Fsp3) is 0.600. The van der Waals surface area contributed by atoms with E-state index in [9.17, 15) is 4.79 Å².